The van der Waals surface area contributed by atoms with Crippen molar-refractivity contribution in [3.8, 4) is 0 Å². The predicted molar refractivity (Wildman–Crippen MR) is 78.3 cm³/mol. The molecular formula is C12H15ClN6O2. The molecular weight excluding hydrogens is 296 g/mol. The summed E-state index contributed by atoms with van der Waals surface area (Å²) in [6.07, 6.45) is 2.65. The van der Waals surface area contributed by atoms with Crippen molar-refractivity contribution in [3.05, 3.63) is 38.5 Å². The van der Waals surface area contributed by atoms with E-state index in [2.05, 4.69) is 20.4 Å². The number of nitrogens with zero attached hydrogens (tertiary/aromatic N) is 5. The van der Waals surface area contributed by atoms with Gasteiger partial charge in [-0.15, -0.1) is 0 Å². The van der Waals surface area contributed by atoms with Gasteiger partial charge in [-0.25, -0.2) is 4.98 Å². The molecule has 2 rings (SSSR count). The lowest BCUT2D eigenvalue weighted by Gasteiger charge is -2.07. The zero-order valence-corrected chi connectivity index (χ0v) is 12.7. The highest BCUT2D eigenvalue weighted by atomic mass is 35.5. The molecule has 0 atom stereocenters. The molecule has 2 aromatic heterocycles. The fourth-order valence-electron chi connectivity index (χ4n) is 2.08. The minimum Gasteiger partial charge on any atom is -0.360 e. The van der Waals surface area contributed by atoms with Gasteiger partial charge in [-0.05, 0) is 24.9 Å². The van der Waals surface area contributed by atoms with E-state index in [0.717, 1.165) is 17.7 Å². The Bertz CT molecular complexity index is 685. The first kappa shape index (κ1) is 15.2. The first-order valence-corrected chi connectivity index (χ1v) is 6.74. The van der Waals surface area contributed by atoms with Gasteiger partial charge in [0.1, 0.15) is 5.69 Å². The second kappa shape index (κ2) is 6.04. The van der Waals surface area contributed by atoms with Crippen molar-refractivity contribution in [2.45, 2.75) is 26.8 Å². The zero-order chi connectivity index (χ0) is 15.6. The van der Waals surface area contributed by atoms with E-state index >= 15 is 0 Å². The van der Waals surface area contributed by atoms with Crippen LogP contribution in [0.1, 0.15) is 23.9 Å². The number of hydrogen-bond acceptors (Lipinski definition) is 6. The highest BCUT2D eigenvalue weighted by Crippen LogP contribution is 2.27. The molecule has 0 saturated carbocycles. The molecule has 2 aromatic rings. The highest BCUT2D eigenvalue weighted by molar-refractivity contribution is 6.28. The third-order valence-electron chi connectivity index (χ3n) is 2.99. The Hall–Kier alpha value is -2.22. The Balaban J connectivity index is 2.29. The summed E-state index contributed by atoms with van der Waals surface area (Å²) in [4.78, 5) is 18.3. The van der Waals surface area contributed by atoms with Crippen LogP contribution in [0.5, 0.6) is 0 Å². The maximum Gasteiger partial charge on any atom is 0.332 e. The summed E-state index contributed by atoms with van der Waals surface area (Å²) < 4.78 is 1.71. The smallest absolute Gasteiger partial charge is 0.332 e. The molecule has 0 amide bonds. The second-order valence-electron chi connectivity index (χ2n) is 4.51. The number of nitro groups is 1. The maximum absolute atomic E-state index is 11.1. The largest absolute Gasteiger partial charge is 0.360 e. The first-order valence-electron chi connectivity index (χ1n) is 6.36. The topological polar surface area (TPSA) is 98.8 Å². The summed E-state index contributed by atoms with van der Waals surface area (Å²) >= 11 is 5.77. The number of aryl methyl sites for hydroxylation is 3. The van der Waals surface area contributed by atoms with Crippen LogP contribution < -0.4 is 5.32 Å². The molecule has 0 aliphatic carbocycles. The molecule has 0 spiro atoms. The molecule has 0 saturated heterocycles. The van der Waals surface area contributed by atoms with E-state index in [1.807, 2.05) is 20.2 Å². The van der Waals surface area contributed by atoms with Crippen LogP contribution in [0, 0.1) is 17.0 Å². The van der Waals surface area contributed by atoms with E-state index in [4.69, 9.17) is 11.6 Å². The van der Waals surface area contributed by atoms with Crippen LogP contribution in [0.3, 0.4) is 0 Å². The molecule has 1 N–H and O–H groups in total. The van der Waals surface area contributed by atoms with Crippen molar-refractivity contribution in [1.29, 1.82) is 0 Å². The van der Waals surface area contributed by atoms with Gasteiger partial charge in [-0.2, -0.15) is 10.1 Å². The van der Waals surface area contributed by atoms with E-state index in [1.54, 1.807) is 4.68 Å². The molecule has 0 radical (unpaired) electrons. The van der Waals surface area contributed by atoms with E-state index in [-0.39, 0.29) is 22.5 Å². The standard InChI is InChI=1S/C12H15ClN6O2/c1-4-9-8(6-18(3)17-9)5-14-11-10(19(20)21)7(2)15-12(13)16-11/h6H,4-5H2,1-3H3,(H,14,15,16). The number of aromatic nitrogens is 4. The van der Waals surface area contributed by atoms with E-state index in [0.29, 0.717) is 6.54 Å². The molecule has 0 bridgehead atoms. The van der Waals surface area contributed by atoms with Crippen LogP contribution in [0.2, 0.25) is 5.28 Å². The number of anilines is 1. The minimum absolute atomic E-state index is 0.0255. The Kier molecular flexibility index (Phi) is 4.37. The van der Waals surface area contributed by atoms with Crippen molar-refractivity contribution >= 4 is 23.1 Å². The molecule has 0 aromatic carbocycles. The van der Waals surface area contributed by atoms with Gasteiger partial charge in [-0.3, -0.25) is 14.8 Å². The molecule has 8 nitrogen and oxygen atoms in total. The van der Waals surface area contributed by atoms with Gasteiger partial charge in [0.2, 0.25) is 11.1 Å². The van der Waals surface area contributed by atoms with Crippen LogP contribution in [0.15, 0.2) is 6.20 Å². The summed E-state index contributed by atoms with van der Waals surface area (Å²) in [7, 11) is 1.83. The third kappa shape index (κ3) is 3.27. The highest BCUT2D eigenvalue weighted by Gasteiger charge is 2.21. The lowest BCUT2D eigenvalue weighted by atomic mass is 10.2. The third-order valence-corrected chi connectivity index (χ3v) is 3.16. The maximum atomic E-state index is 11.1. The summed E-state index contributed by atoms with van der Waals surface area (Å²) in [5, 5.41) is 18.4. The molecule has 2 heterocycles. The monoisotopic (exact) mass is 310 g/mol. The molecule has 112 valence electrons. The molecule has 9 heteroatoms. The Morgan fingerprint density at radius 3 is 2.81 bits per heavy atom. The predicted octanol–water partition coefficient (Wildman–Crippen LogP) is 2.25. The summed E-state index contributed by atoms with van der Waals surface area (Å²) in [6.45, 7) is 3.91. The van der Waals surface area contributed by atoms with Crippen LogP contribution >= 0.6 is 11.6 Å². The van der Waals surface area contributed by atoms with E-state index < -0.39 is 4.92 Å². The number of rotatable bonds is 5. The van der Waals surface area contributed by atoms with Gasteiger partial charge in [0.05, 0.1) is 10.6 Å². The van der Waals surface area contributed by atoms with E-state index in [9.17, 15) is 10.1 Å². The molecule has 0 unspecified atom stereocenters. The number of nitrogens with one attached hydrogen (secondary N) is 1. The fourth-order valence-corrected chi connectivity index (χ4v) is 2.29. The average Bonchev–Trinajstić information content (AvgIpc) is 2.75. The van der Waals surface area contributed by atoms with Gasteiger partial charge in [0, 0.05) is 25.4 Å². The summed E-state index contributed by atoms with van der Waals surface area (Å²) in [5.41, 5.74) is 1.96. The number of hydrogen-bond donors (Lipinski definition) is 1. The summed E-state index contributed by atoms with van der Waals surface area (Å²) in [6, 6.07) is 0. The van der Waals surface area contributed by atoms with Gasteiger partial charge in [0.15, 0.2) is 0 Å². The van der Waals surface area contributed by atoms with E-state index in [1.165, 1.54) is 6.92 Å². The Morgan fingerprint density at radius 2 is 2.19 bits per heavy atom. The molecule has 0 fully saturated rings. The average molecular weight is 311 g/mol. The van der Waals surface area contributed by atoms with Crippen LogP contribution in [-0.4, -0.2) is 24.7 Å². The van der Waals surface area contributed by atoms with Crippen molar-refractivity contribution in [1.82, 2.24) is 19.7 Å². The van der Waals surface area contributed by atoms with Crippen molar-refractivity contribution in [3.63, 3.8) is 0 Å². The Labute approximate surface area is 126 Å². The zero-order valence-electron chi connectivity index (χ0n) is 11.9. The minimum atomic E-state index is -0.516. The van der Waals surface area contributed by atoms with Crippen LogP contribution in [0.4, 0.5) is 11.5 Å². The quantitative estimate of drug-likeness (QED) is 0.516. The first-order chi connectivity index (χ1) is 9.92. The Morgan fingerprint density at radius 1 is 1.48 bits per heavy atom. The fraction of sp³-hybridized carbons (Fsp3) is 0.417. The normalized spacial score (nSPS) is 10.7. The van der Waals surface area contributed by atoms with Crippen LogP contribution in [-0.2, 0) is 20.0 Å². The lowest BCUT2D eigenvalue weighted by Crippen LogP contribution is -2.08. The van der Waals surface area contributed by atoms with Crippen molar-refractivity contribution in [2.75, 3.05) is 5.32 Å². The molecule has 21 heavy (non-hydrogen) atoms. The van der Waals surface area contributed by atoms with Gasteiger partial charge in [-0.1, -0.05) is 6.92 Å². The van der Waals surface area contributed by atoms with Gasteiger partial charge < -0.3 is 5.32 Å². The molecule has 0 aliphatic heterocycles. The van der Waals surface area contributed by atoms with Gasteiger partial charge >= 0.3 is 5.69 Å². The van der Waals surface area contributed by atoms with Gasteiger partial charge in [0.25, 0.3) is 0 Å². The summed E-state index contributed by atoms with van der Waals surface area (Å²) in [5.74, 6) is 0.114. The van der Waals surface area contributed by atoms with Crippen LogP contribution in [0.25, 0.3) is 0 Å². The van der Waals surface area contributed by atoms with Crippen molar-refractivity contribution < 1.29 is 4.92 Å². The SMILES string of the molecule is CCc1nn(C)cc1CNc1nc(Cl)nc(C)c1[N+](=O)[O-]. The second-order valence-corrected chi connectivity index (χ2v) is 4.85. The number of halogens is 1. The lowest BCUT2D eigenvalue weighted by molar-refractivity contribution is -0.385. The molecule has 0 aliphatic rings. The van der Waals surface area contributed by atoms with Crippen molar-refractivity contribution in [2.24, 2.45) is 7.05 Å².